The second kappa shape index (κ2) is 5.14. The second-order valence-electron chi connectivity index (χ2n) is 4.47. The molecule has 3 rings (SSSR count). The molecule has 0 spiro atoms. The summed E-state index contributed by atoms with van der Waals surface area (Å²) in [7, 11) is -3.80. The summed E-state index contributed by atoms with van der Waals surface area (Å²) in [5, 5.41) is 0. The van der Waals surface area contributed by atoms with E-state index in [0.717, 1.165) is 5.56 Å². The lowest BCUT2D eigenvalue weighted by atomic mass is 10.1. The van der Waals surface area contributed by atoms with E-state index in [0.29, 0.717) is 0 Å². The van der Waals surface area contributed by atoms with Crippen molar-refractivity contribution in [3.05, 3.63) is 65.7 Å². The van der Waals surface area contributed by atoms with Gasteiger partial charge in [0.25, 0.3) is 10.0 Å². The number of rotatable bonds is 3. The summed E-state index contributed by atoms with van der Waals surface area (Å²) in [6.07, 6.45) is 0. The summed E-state index contributed by atoms with van der Waals surface area (Å²) in [6, 6.07) is 15.3. The van der Waals surface area contributed by atoms with Gasteiger partial charge in [0.2, 0.25) is 0 Å². The molecule has 5 nitrogen and oxygen atoms in total. The summed E-state index contributed by atoms with van der Waals surface area (Å²) in [5.74, 6) is -0.743. The molecule has 1 heterocycles. The molecule has 0 fully saturated rings. The zero-order valence-corrected chi connectivity index (χ0v) is 11.7. The van der Waals surface area contributed by atoms with Gasteiger partial charge in [-0.1, -0.05) is 48.5 Å². The van der Waals surface area contributed by atoms with Gasteiger partial charge in [-0.3, -0.25) is 0 Å². The van der Waals surface area contributed by atoms with Crippen LogP contribution in [0.5, 0.6) is 0 Å². The minimum absolute atomic E-state index is 0.0386. The molecule has 0 amide bonds. The summed E-state index contributed by atoms with van der Waals surface area (Å²) in [6.45, 7) is 0.0703. The fourth-order valence-corrected chi connectivity index (χ4v) is 3.25. The van der Waals surface area contributed by atoms with Crippen LogP contribution < -0.4 is 0 Å². The third kappa shape index (κ3) is 2.57. The van der Waals surface area contributed by atoms with E-state index in [-0.39, 0.29) is 22.8 Å². The van der Waals surface area contributed by atoms with Gasteiger partial charge in [-0.2, -0.15) is 12.8 Å². The van der Waals surface area contributed by atoms with E-state index in [9.17, 15) is 13.2 Å². The maximum Gasteiger partial charge on any atom is 0.358 e. The van der Waals surface area contributed by atoms with Crippen LogP contribution in [0.2, 0.25) is 0 Å². The number of benzene rings is 2. The average molecular weight is 301 g/mol. The van der Waals surface area contributed by atoms with Crippen LogP contribution in [0.4, 0.5) is 0 Å². The lowest BCUT2D eigenvalue weighted by Gasteiger charge is -2.04. The number of esters is 1. The number of carbonyl (C=O) groups excluding carboxylic acids is 1. The highest BCUT2D eigenvalue weighted by atomic mass is 32.2. The van der Waals surface area contributed by atoms with Crippen molar-refractivity contribution in [1.29, 1.82) is 0 Å². The zero-order chi connectivity index (χ0) is 14.9. The third-order valence-corrected chi connectivity index (χ3v) is 4.37. The molecule has 1 aliphatic heterocycles. The number of hydrogen-bond donors (Lipinski definition) is 0. The SMILES string of the molecule is O=C(OCc1ccccc1)C1=NS(=O)(=O)c2ccccc21. The van der Waals surface area contributed by atoms with Crippen molar-refractivity contribution in [2.75, 3.05) is 0 Å². The number of carbonyl (C=O) groups is 1. The van der Waals surface area contributed by atoms with Crippen molar-refractivity contribution in [2.24, 2.45) is 4.40 Å². The maximum atomic E-state index is 12.1. The summed E-state index contributed by atoms with van der Waals surface area (Å²) < 4.78 is 32.3. The summed E-state index contributed by atoms with van der Waals surface area (Å²) >= 11 is 0. The normalized spacial score (nSPS) is 15.1. The number of nitrogens with zero attached hydrogens (tertiary/aromatic N) is 1. The van der Waals surface area contributed by atoms with Crippen LogP contribution in [0.1, 0.15) is 11.1 Å². The van der Waals surface area contributed by atoms with Gasteiger partial charge in [-0.25, -0.2) is 4.79 Å². The molecule has 6 heteroatoms. The Hall–Kier alpha value is -2.47. The molecular weight excluding hydrogens is 290 g/mol. The maximum absolute atomic E-state index is 12.1. The molecule has 0 radical (unpaired) electrons. The Labute approximate surface area is 122 Å². The van der Waals surface area contributed by atoms with Crippen molar-refractivity contribution in [3.8, 4) is 0 Å². The molecule has 21 heavy (non-hydrogen) atoms. The van der Waals surface area contributed by atoms with Gasteiger partial charge < -0.3 is 4.74 Å². The van der Waals surface area contributed by atoms with Crippen LogP contribution in [0.3, 0.4) is 0 Å². The van der Waals surface area contributed by atoms with Crippen LogP contribution >= 0.6 is 0 Å². The van der Waals surface area contributed by atoms with Crippen molar-refractivity contribution in [2.45, 2.75) is 11.5 Å². The van der Waals surface area contributed by atoms with Gasteiger partial charge in [0.05, 0.1) is 4.90 Å². The largest absolute Gasteiger partial charge is 0.456 e. The first kappa shape index (κ1) is 13.5. The Morgan fingerprint density at radius 2 is 1.67 bits per heavy atom. The number of ether oxygens (including phenoxy) is 1. The van der Waals surface area contributed by atoms with E-state index in [2.05, 4.69) is 4.40 Å². The summed E-state index contributed by atoms with van der Waals surface area (Å²) in [4.78, 5) is 12.1. The molecule has 2 aromatic rings. The molecule has 2 aromatic carbocycles. The van der Waals surface area contributed by atoms with E-state index in [4.69, 9.17) is 4.74 Å². The fraction of sp³-hybridized carbons (Fsp3) is 0.0667. The van der Waals surface area contributed by atoms with E-state index in [1.54, 1.807) is 18.2 Å². The highest BCUT2D eigenvalue weighted by Crippen LogP contribution is 2.26. The third-order valence-electron chi connectivity index (χ3n) is 3.04. The predicted octanol–water partition coefficient (Wildman–Crippen LogP) is 1.92. The topological polar surface area (TPSA) is 72.8 Å². The van der Waals surface area contributed by atoms with Crippen LogP contribution in [-0.4, -0.2) is 20.1 Å². The minimum Gasteiger partial charge on any atom is -0.456 e. The van der Waals surface area contributed by atoms with Crippen molar-refractivity contribution in [1.82, 2.24) is 0 Å². The molecule has 0 atom stereocenters. The number of sulfonamides is 1. The average Bonchev–Trinajstić information content (AvgIpc) is 2.78. The van der Waals surface area contributed by atoms with Gasteiger partial charge in [-0.05, 0) is 11.6 Å². The molecule has 0 aromatic heterocycles. The predicted molar refractivity (Wildman–Crippen MR) is 76.4 cm³/mol. The first-order valence-corrected chi connectivity index (χ1v) is 7.67. The van der Waals surface area contributed by atoms with E-state index in [1.165, 1.54) is 6.07 Å². The molecule has 0 unspecified atom stereocenters. The Balaban J connectivity index is 1.83. The lowest BCUT2D eigenvalue weighted by molar-refractivity contribution is -0.136. The number of hydrogen-bond acceptors (Lipinski definition) is 4. The zero-order valence-electron chi connectivity index (χ0n) is 10.9. The standard InChI is InChI=1S/C15H11NO4S/c17-15(20-10-11-6-2-1-3-7-11)14-12-8-4-5-9-13(12)21(18,19)16-14/h1-9H,10H2. The molecule has 0 N–H and O–H groups in total. The highest BCUT2D eigenvalue weighted by Gasteiger charge is 2.33. The molecular formula is C15H11NO4S. The van der Waals surface area contributed by atoms with Crippen LogP contribution in [-0.2, 0) is 26.2 Å². The van der Waals surface area contributed by atoms with Crippen molar-refractivity contribution < 1.29 is 17.9 Å². The first-order valence-electron chi connectivity index (χ1n) is 6.23. The quantitative estimate of drug-likeness (QED) is 0.812. The first-order chi connectivity index (χ1) is 10.1. The Morgan fingerprint density at radius 1 is 1.00 bits per heavy atom. The Kier molecular flexibility index (Phi) is 3.31. The molecule has 0 aliphatic carbocycles. The van der Waals surface area contributed by atoms with Gasteiger partial charge in [-0.15, -0.1) is 0 Å². The molecule has 0 saturated carbocycles. The molecule has 106 valence electrons. The van der Waals surface area contributed by atoms with E-state index >= 15 is 0 Å². The van der Waals surface area contributed by atoms with Crippen LogP contribution in [0, 0.1) is 0 Å². The van der Waals surface area contributed by atoms with Crippen molar-refractivity contribution >= 4 is 21.7 Å². The number of fused-ring (bicyclic) bond motifs is 1. The van der Waals surface area contributed by atoms with Gasteiger partial charge >= 0.3 is 5.97 Å². The van der Waals surface area contributed by atoms with Gasteiger partial charge in [0.15, 0.2) is 5.71 Å². The fourth-order valence-electron chi connectivity index (χ4n) is 2.04. The second-order valence-corrected chi connectivity index (χ2v) is 6.05. The van der Waals surface area contributed by atoms with Gasteiger partial charge in [0, 0.05) is 5.56 Å². The lowest BCUT2D eigenvalue weighted by Crippen LogP contribution is -2.17. The van der Waals surface area contributed by atoms with E-state index < -0.39 is 16.0 Å². The Bertz CT molecular complexity index is 826. The Morgan fingerprint density at radius 3 is 2.43 bits per heavy atom. The van der Waals surface area contributed by atoms with Crippen LogP contribution in [0.15, 0.2) is 63.9 Å². The monoisotopic (exact) mass is 301 g/mol. The smallest absolute Gasteiger partial charge is 0.358 e. The molecule has 1 aliphatic rings. The highest BCUT2D eigenvalue weighted by molar-refractivity contribution is 7.90. The van der Waals surface area contributed by atoms with E-state index in [1.807, 2.05) is 30.3 Å². The van der Waals surface area contributed by atoms with Crippen molar-refractivity contribution in [3.63, 3.8) is 0 Å². The molecule has 0 bridgehead atoms. The van der Waals surface area contributed by atoms with Gasteiger partial charge in [0.1, 0.15) is 6.61 Å². The van der Waals surface area contributed by atoms with Crippen LogP contribution in [0.25, 0.3) is 0 Å². The minimum atomic E-state index is -3.80. The summed E-state index contributed by atoms with van der Waals surface area (Å²) in [5.41, 5.74) is 0.942. The molecule has 0 saturated heterocycles.